The van der Waals surface area contributed by atoms with Crippen LogP contribution in [0.15, 0.2) is 64.1 Å². The van der Waals surface area contributed by atoms with Crippen molar-refractivity contribution in [3.8, 4) is 11.3 Å². The number of benzene rings is 2. The van der Waals surface area contributed by atoms with Gasteiger partial charge in [0, 0.05) is 29.8 Å². The summed E-state index contributed by atoms with van der Waals surface area (Å²) in [7, 11) is 0. The van der Waals surface area contributed by atoms with Crippen LogP contribution in [0.2, 0.25) is 5.02 Å². The van der Waals surface area contributed by atoms with Crippen molar-refractivity contribution >= 4 is 34.9 Å². The van der Waals surface area contributed by atoms with E-state index in [-0.39, 0.29) is 16.4 Å². The van der Waals surface area contributed by atoms with Crippen LogP contribution >= 0.6 is 11.6 Å². The summed E-state index contributed by atoms with van der Waals surface area (Å²) in [6.45, 7) is 0. The summed E-state index contributed by atoms with van der Waals surface area (Å²) in [5, 5.41) is 25.6. The average molecular weight is 387 g/mol. The van der Waals surface area contributed by atoms with Gasteiger partial charge in [-0.25, -0.2) is 0 Å². The third-order valence-corrected chi connectivity index (χ3v) is 3.83. The number of hydrazone groups is 1. The zero-order valence-electron chi connectivity index (χ0n) is 13.5. The number of nitro benzene ring substituents is 2. The van der Waals surface area contributed by atoms with E-state index in [1.165, 1.54) is 48.7 Å². The highest BCUT2D eigenvalue weighted by Gasteiger charge is 2.13. The monoisotopic (exact) mass is 386 g/mol. The van der Waals surface area contributed by atoms with Crippen LogP contribution < -0.4 is 5.43 Å². The van der Waals surface area contributed by atoms with Gasteiger partial charge in [0.15, 0.2) is 0 Å². The number of hydrogen-bond donors (Lipinski definition) is 1. The molecule has 10 heteroatoms. The quantitative estimate of drug-likeness (QED) is 0.366. The number of nitrogens with one attached hydrogen (secondary N) is 1. The molecule has 9 nitrogen and oxygen atoms in total. The number of nitro groups is 2. The van der Waals surface area contributed by atoms with Crippen molar-refractivity contribution in [3.05, 3.63) is 85.6 Å². The van der Waals surface area contributed by atoms with E-state index in [0.717, 1.165) is 0 Å². The van der Waals surface area contributed by atoms with E-state index in [9.17, 15) is 20.2 Å². The first-order chi connectivity index (χ1) is 12.9. The molecular formula is C17H11ClN4O5. The molecule has 0 aliphatic heterocycles. The molecule has 3 aromatic rings. The Labute approximate surface area is 157 Å². The number of halogens is 1. The molecule has 0 unspecified atom stereocenters. The molecule has 0 aliphatic rings. The van der Waals surface area contributed by atoms with Crippen molar-refractivity contribution in [2.75, 3.05) is 5.43 Å². The Morgan fingerprint density at radius 1 is 0.963 bits per heavy atom. The van der Waals surface area contributed by atoms with Crippen molar-refractivity contribution in [2.45, 2.75) is 0 Å². The van der Waals surface area contributed by atoms with Crippen molar-refractivity contribution in [3.63, 3.8) is 0 Å². The molecular weight excluding hydrogens is 376 g/mol. The highest BCUT2D eigenvalue weighted by Crippen LogP contribution is 2.32. The molecule has 0 fully saturated rings. The maximum atomic E-state index is 10.8. The first-order valence-electron chi connectivity index (χ1n) is 7.52. The number of non-ortho nitro benzene ring substituents is 2. The summed E-state index contributed by atoms with van der Waals surface area (Å²) in [6, 6.07) is 13.2. The van der Waals surface area contributed by atoms with E-state index in [1.807, 2.05) is 0 Å². The molecule has 1 aromatic heterocycles. The van der Waals surface area contributed by atoms with Gasteiger partial charge in [-0.1, -0.05) is 11.6 Å². The Balaban J connectivity index is 1.69. The smallest absolute Gasteiger partial charge is 0.270 e. The first kappa shape index (κ1) is 18.1. The zero-order valence-corrected chi connectivity index (χ0v) is 14.3. The maximum absolute atomic E-state index is 10.8. The Morgan fingerprint density at radius 3 is 2.26 bits per heavy atom. The molecule has 0 aliphatic carbocycles. The van der Waals surface area contributed by atoms with E-state index < -0.39 is 9.85 Å². The van der Waals surface area contributed by atoms with Gasteiger partial charge in [0.05, 0.1) is 26.8 Å². The van der Waals surface area contributed by atoms with Crippen molar-refractivity contribution in [1.29, 1.82) is 0 Å². The predicted molar refractivity (Wildman–Crippen MR) is 100 cm³/mol. The normalized spacial score (nSPS) is 10.9. The molecule has 0 radical (unpaired) electrons. The number of nitrogens with zero attached hydrogens (tertiary/aromatic N) is 3. The molecule has 0 atom stereocenters. The second-order valence-corrected chi connectivity index (χ2v) is 5.70. The van der Waals surface area contributed by atoms with Crippen LogP contribution in [0.4, 0.5) is 17.1 Å². The average Bonchev–Trinajstić information content (AvgIpc) is 3.10. The number of hydrogen-bond acceptors (Lipinski definition) is 7. The summed E-state index contributed by atoms with van der Waals surface area (Å²) in [6.07, 6.45) is 1.42. The summed E-state index contributed by atoms with van der Waals surface area (Å²) in [5.41, 5.74) is 3.69. The Kier molecular flexibility index (Phi) is 5.13. The molecule has 0 saturated carbocycles. The van der Waals surface area contributed by atoms with Crippen molar-refractivity contribution in [1.82, 2.24) is 0 Å². The molecule has 136 valence electrons. The van der Waals surface area contributed by atoms with Gasteiger partial charge in [-0.15, -0.1) is 0 Å². The second-order valence-electron chi connectivity index (χ2n) is 5.30. The number of rotatable bonds is 6. The van der Waals surface area contributed by atoms with Gasteiger partial charge >= 0.3 is 0 Å². The Bertz CT molecular complexity index is 1030. The van der Waals surface area contributed by atoms with E-state index in [0.29, 0.717) is 22.8 Å². The summed E-state index contributed by atoms with van der Waals surface area (Å²) >= 11 is 6.08. The lowest BCUT2D eigenvalue weighted by atomic mass is 10.1. The van der Waals surface area contributed by atoms with Gasteiger partial charge in [-0.05, 0) is 30.3 Å². The van der Waals surface area contributed by atoms with Crippen LogP contribution in [-0.4, -0.2) is 16.1 Å². The molecule has 0 spiro atoms. The predicted octanol–water partition coefficient (Wildman–Crippen LogP) is 4.86. The maximum Gasteiger partial charge on any atom is 0.270 e. The summed E-state index contributed by atoms with van der Waals surface area (Å²) < 4.78 is 5.61. The van der Waals surface area contributed by atoms with Gasteiger partial charge < -0.3 is 4.42 Å². The Hall–Kier alpha value is -3.72. The van der Waals surface area contributed by atoms with Crippen molar-refractivity contribution in [2.24, 2.45) is 5.10 Å². The van der Waals surface area contributed by atoms with Gasteiger partial charge in [-0.3, -0.25) is 25.7 Å². The summed E-state index contributed by atoms with van der Waals surface area (Å²) in [5.74, 6) is 0.862. The lowest BCUT2D eigenvalue weighted by Crippen LogP contribution is -1.91. The number of anilines is 1. The van der Waals surface area contributed by atoms with Crippen LogP contribution in [0.5, 0.6) is 0 Å². The number of furan rings is 1. The van der Waals surface area contributed by atoms with Crippen LogP contribution in [-0.2, 0) is 0 Å². The van der Waals surface area contributed by atoms with Crippen LogP contribution in [0.1, 0.15) is 5.76 Å². The zero-order chi connectivity index (χ0) is 19.4. The lowest BCUT2D eigenvalue weighted by molar-refractivity contribution is -0.385. The minimum Gasteiger partial charge on any atom is -0.455 e. The third kappa shape index (κ3) is 4.28. The second kappa shape index (κ2) is 7.67. The lowest BCUT2D eigenvalue weighted by Gasteiger charge is -2.00. The summed E-state index contributed by atoms with van der Waals surface area (Å²) in [4.78, 5) is 20.4. The van der Waals surface area contributed by atoms with E-state index in [2.05, 4.69) is 10.5 Å². The van der Waals surface area contributed by atoms with Crippen LogP contribution in [0, 0.1) is 20.2 Å². The fraction of sp³-hybridized carbons (Fsp3) is 0. The van der Waals surface area contributed by atoms with Gasteiger partial charge in [0.1, 0.15) is 11.5 Å². The van der Waals surface area contributed by atoms with Crippen LogP contribution in [0.25, 0.3) is 11.3 Å². The standard InChI is InChI=1S/C17H11ClN4O5/c18-16-9-13(22(25)26)5-7-15(16)17-8-6-14(27-17)10-19-20-11-1-3-12(4-2-11)21(23)24/h1-10,20H/b19-10-. The Morgan fingerprint density at radius 2 is 1.63 bits per heavy atom. The van der Waals surface area contributed by atoms with Crippen LogP contribution in [0.3, 0.4) is 0 Å². The third-order valence-electron chi connectivity index (χ3n) is 3.52. The van der Waals surface area contributed by atoms with E-state index >= 15 is 0 Å². The molecule has 1 N–H and O–H groups in total. The topological polar surface area (TPSA) is 124 Å². The highest BCUT2D eigenvalue weighted by atomic mass is 35.5. The molecule has 2 aromatic carbocycles. The fourth-order valence-electron chi connectivity index (χ4n) is 2.21. The first-order valence-corrected chi connectivity index (χ1v) is 7.89. The van der Waals surface area contributed by atoms with E-state index in [1.54, 1.807) is 12.1 Å². The molecule has 3 rings (SSSR count). The largest absolute Gasteiger partial charge is 0.455 e. The molecule has 1 heterocycles. The van der Waals surface area contributed by atoms with E-state index in [4.69, 9.17) is 16.0 Å². The highest BCUT2D eigenvalue weighted by molar-refractivity contribution is 6.33. The molecule has 0 saturated heterocycles. The molecule has 0 amide bonds. The van der Waals surface area contributed by atoms with Gasteiger partial charge in [-0.2, -0.15) is 5.10 Å². The minimum atomic E-state index is -0.528. The van der Waals surface area contributed by atoms with Gasteiger partial charge in [0.25, 0.3) is 11.4 Å². The SMILES string of the molecule is O=[N+]([O-])c1ccc(N/N=C\c2ccc(-c3ccc([N+](=O)[O-])cc3Cl)o2)cc1. The molecule has 0 bridgehead atoms. The molecule has 27 heavy (non-hydrogen) atoms. The fourth-order valence-corrected chi connectivity index (χ4v) is 2.48. The van der Waals surface area contributed by atoms with Crippen molar-refractivity contribution < 1.29 is 14.3 Å². The minimum absolute atomic E-state index is 0.0137. The van der Waals surface area contributed by atoms with Gasteiger partial charge in [0.2, 0.25) is 0 Å².